The highest BCUT2D eigenvalue weighted by Gasteiger charge is 2.44. The average Bonchev–Trinajstić information content (AvgIpc) is 2.83. The fourth-order valence-corrected chi connectivity index (χ4v) is 6.43. The van der Waals surface area contributed by atoms with Gasteiger partial charge in [0, 0.05) is 24.7 Å². The number of hydrogen-bond donors (Lipinski definition) is 1. The molecule has 1 unspecified atom stereocenters. The van der Waals surface area contributed by atoms with Crippen LogP contribution in [-0.4, -0.2) is 24.1 Å². The molecular weight excluding hydrogens is 378 g/mol. The van der Waals surface area contributed by atoms with Gasteiger partial charge in [0.25, 0.3) is 0 Å². The molecule has 0 saturated carbocycles. The SMILES string of the molecule is CCC1(CC)CCC(CC)(CC)c2c(-c3cccc(N4CCCC(N)C4)n3)cccc21. The molecule has 0 radical (unpaired) electrons. The van der Waals surface area contributed by atoms with Gasteiger partial charge in [-0.3, -0.25) is 0 Å². The lowest BCUT2D eigenvalue weighted by Gasteiger charge is -2.48. The molecule has 2 heterocycles. The Morgan fingerprint density at radius 1 is 0.935 bits per heavy atom. The summed E-state index contributed by atoms with van der Waals surface area (Å²) in [6, 6.07) is 13.9. The van der Waals surface area contributed by atoms with Crippen LogP contribution >= 0.6 is 0 Å². The number of aromatic nitrogens is 1. The van der Waals surface area contributed by atoms with Crippen molar-refractivity contribution in [1.29, 1.82) is 0 Å². The molecule has 3 heteroatoms. The first-order valence-electron chi connectivity index (χ1n) is 12.6. The first-order chi connectivity index (χ1) is 15.0. The molecule has 1 aromatic heterocycles. The molecule has 31 heavy (non-hydrogen) atoms. The van der Waals surface area contributed by atoms with Crippen LogP contribution in [0.3, 0.4) is 0 Å². The minimum absolute atomic E-state index is 0.255. The lowest BCUT2D eigenvalue weighted by Crippen LogP contribution is -2.43. The predicted octanol–water partition coefficient (Wildman–Crippen LogP) is 6.59. The Balaban J connectivity index is 1.87. The molecule has 1 aliphatic carbocycles. The second kappa shape index (κ2) is 8.94. The number of rotatable bonds is 6. The average molecular weight is 420 g/mol. The van der Waals surface area contributed by atoms with Crippen LogP contribution in [0, 0.1) is 0 Å². The number of hydrogen-bond acceptors (Lipinski definition) is 3. The summed E-state index contributed by atoms with van der Waals surface area (Å²) in [5, 5.41) is 0. The number of benzene rings is 1. The highest BCUT2D eigenvalue weighted by Crippen LogP contribution is 2.54. The lowest BCUT2D eigenvalue weighted by molar-refractivity contribution is 0.240. The van der Waals surface area contributed by atoms with Crippen molar-refractivity contribution in [2.24, 2.45) is 5.73 Å². The van der Waals surface area contributed by atoms with Crippen molar-refractivity contribution in [3.8, 4) is 11.3 Å². The van der Waals surface area contributed by atoms with Crippen molar-refractivity contribution in [2.45, 2.75) is 95.9 Å². The van der Waals surface area contributed by atoms with E-state index in [-0.39, 0.29) is 11.5 Å². The van der Waals surface area contributed by atoms with Gasteiger partial charge in [0.15, 0.2) is 0 Å². The van der Waals surface area contributed by atoms with E-state index in [9.17, 15) is 0 Å². The smallest absolute Gasteiger partial charge is 0.129 e. The number of nitrogens with two attached hydrogens (primary N) is 1. The third kappa shape index (κ3) is 3.80. The molecule has 1 atom stereocenters. The minimum atomic E-state index is 0.255. The maximum absolute atomic E-state index is 6.27. The van der Waals surface area contributed by atoms with Gasteiger partial charge in [0.1, 0.15) is 5.82 Å². The number of fused-ring (bicyclic) bond motifs is 1. The predicted molar refractivity (Wildman–Crippen MR) is 133 cm³/mol. The molecule has 0 bridgehead atoms. The largest absolute Gasteiger partial charge is 0.355 e. The van der Waals surface area contributed by atoms with Crippen LogP contribution in [0.15, 0.2) is 36.4 Å². The van der Waals surface area contributed by atoms with E-state index in [0.717, 1.165) is 37.4 Å². The van der Waals surface area contributed by atoms with Gasteiger partial charge in [-0.25, -0.2) is 4.98 Å². The summed E-state index contributed by atoms with van der Waals surface area (Å²) >= 11 is 0. The highest BCUT2D eigenvalue weighted by atomic mass is 15.2. The molecular formula is C28H41N3. The van der Waals surface area contributed by atoms with Gasteiger partial charge in [-0.15, -0.1) is 0 Å². The van der Waals surface area contributed by atoms with E-state index in [2.05, 4.69) is 69.0 Å². The minimum Gasteiger partial charge on any atom is -0.355 e. The van der Waals surface area contributed by atoms with Gasteiger partial charge in [0.2, 0.25) is 0 Å². The Morgan fingerprint density at radius 3 is 2.29 bits per heavy atom. The number of anilines is 1. The third-order valence-electron chi connectivity index (χ3n) is 8.75. The van der Waals surface area contributed by atoms with Crippen LogP contribution in [0.1, 0.15) is 90.2 Å². The second-order valence-electron chi connectivity index (χ2n) is 9.93. The summed E-state index contributed by atoms with van der Waals surface area (Å²) in [5.74, 6) is 1.08. The molecule has 1 fully saturated rings. The van der Waals surface area contributed by atoms with E-state index in [1.165, 1.54) is 44.1 Å². The Bertz CT molecular complexity index is 895. The van der Waals surface area contributed by atoms with Gasteiger partial charge < -0.3 is 10.6 Å². The molecule has 0 spiro atoms. The zero-order chi connectivity index (χ0) is 22.1. The van der Waals surface area contributed by atoms with Gasteiger partial charge in [-0.2, -0.15) is 0 Å². The van der Waals surface area contributed by atoms with Gasteiger partial charge in [0.05, 0.1) is 5.69 Å². The van der Waals surface area contributed by atoms with E-state index >= 15 is 0 Å². The normalized spacial score (nSPS) is 22.2. The van der Waals surface area contributed by atoms with Crippen LogP contribution in [0.4, 0.5) is 5.82 Å². The van der Waals surface area contributed by atoms with Crippen LogP contribution in [0.5, 0.6) is 0 Å². The lowest BCUT2D eigenvalue weighted by atomic mass is 9.56. The molecule has 168 valence electrons. The molecule has 0 amide bonds. The Kier molecular flexibility index (Phi) is 6.44. The fraction of sp³-hybridized carbons (Fsp3) is 0.607. The molecule has 2 aliphatic rings. The van der Waals surface area contributed by atoms with Crippen LogP contribution in [0.2, 0.25) is 0 Å². The maximum atomic E-state index is 6.27. The first kappa shape index (κ1) is 22.3. The molecule has 2 aromatic rings. The van der Waals surface area contributed by atoms with Crippen LogP contribution in [-0.2, 0) is 10.8 Å². The third-order valence-corrected chi connectivity index (χ3v) is 8.75. The molecule has 1 aliphatic heterocycles. The highest BCUT2D eigenvalue weighted by molar-refractivity contribution is 5.70. The number of pyridine rings is 1. The van der Waals surface area contributed by atoms with Crippen molar-refractivity contribution in [3.05, 3.63) is 47.5 Å². The summed E-state index contributed by atoms with van der Waals surface area (Å²) in [6.45, 7) is 11.5. The Labute approximate surface area is 189 Å². The van der Waals surface area contributed by atoms with Crippen molar-refractivity contribution in [3.63, 3.8) is 0 Å². The second-order valence-corrected chi connectivity index (χ2v) is 9.93. The van der Waals surface area contributed by atoms with E-state index in [1.807, 2.05) is 0 Å². The Hall–Kier alpha value is -1.87. The van der Waals surface area contributed by atoms with Crippen molar-refractivity contribution in [2.75, 3.05) is 18.0 Å². The van der Waals surface area contributed by atoms with Crippen molar-refractivity contribution < 1.29 is 0 Å². The quantitative estimate of drug-likeness (QED) is 0.574. The number of piperidine rings is 1. The molecule has 1 aromatic carbocycles. The zero-order valence-corrected chi connectivity index (χ0v) is 20.1. The molecule has 4 rings (SSSR count). The van der Waals surface area contributed by atoms with Crippen molar-refractivity contribution >= 4 is 5.82 Å². The van der Waals surface area contributed by atoms with Crippen LogP contribution < -0.4 is 10.6 Å². The molecule has 3 nitrogen and oxygen atoms in total. The van der Waals surface area contributed by atoms with E-state index in [1.54, 1.807) is 11.1 Å². The fourth-order valence-electron chi connectivity index (χ4n) is 6.43. The van der Waals surface area contributed by atoms with Crippen molar-refractivity contribution in [1.82, 2.24) is 4.98 Å². The standard InChI is InChI=1S/C28H41N3/c1-5-27(6-2)17-18-28(7-3,8-4)26-22(13-9-14-23(26)27)24-15-10-16-25(30-24)31-19-11-12-21(29)20-31/h9-10,13-16,21H,5-8,11-12,17-20,29H2,1-4H3. The Morgan fingerprint density at radius 2 is 1.61 bits per heavy atom. The van der Waals surface area contributed by atoms with Gasteiger partial charge >= 0.3 is 0 Å². The maximum Gasteiger partial charge on any atom is 0.129 e. The van der Waals surface area contributed by atoms with E-state index < -0.39 is 0 Å². The van der Waals surface area contributed by atoms with Gasteiger partial charge in [-0.1, -0.05) is 52.0 Å². The topological polar surface area (TPSA) is 42.1 Å². The zero-order valence-electron chi connectivity index (χ0n) is 20.1. The number of nitrogens with zero attached hydrogens (tertiary/aromatic N) is 2. The van der Waals surface area contributed by atoms with Gasteiger partial charge in [-0.05, 0) is 85.5 Å². The van der Waals surface area contributed by atoms with Crippen LogP contribution in [0.25, 0.3) is 11.3 Å². The summed E-state index contributed by atoms with van der Waals surface area (Å²) in [6.07, 6.45) is 9.66. The first-order valence-corrected chi connectivity index (χ1v) is 12.6. The summed E-state index contributed by atoms with van der Waals surface area (Å²) in [5.41, 5.74) is 12.5. The van der Waals surface area contributed by atoms with E-state index in [0.29, 0.717) is 5.41 Å². The summed E-state index contributed by atoms with van der Waals surface area (Å²) in [4.78, 5) is 7.59. The molecule has 2 N–H and O–H groups in total. The van der Waals surface area contributed by atoms with E-state index in [4.69, 9.17) is 10.7 Å². The summed E-state index contributed by atoms with van der Waals surface area (Å²) in [7, 11) is 0. The molecule has 1 saturated heterocycles. The monoisotopic (exact) mass is 419 g/mol. The summed E-state index contributed by atoms with van der Waals surface area (Å²) < 4.78 is 0.